The van der Waals surface area contributed by atoms with Crippen molar-refractivity contribution in [2.75, 3.05) is 25.0 Å². The first kappa shape index (κ1) is 20.5. The van der Waals surface area contributed by atoms with Gasteiger partial charge in [0.05, 0.1) is 6.20 Å². The Hall–Kier alpha value is -2.73. The summed E-state index contributed by atoms with van der Waals surface area (Å²) in [5.41, 5.74) is 2.07. The Bertz CT molecular complexity index is 1040. The van der Waals surface area contributed by atoms with Gasteiger partial charge in [0.1, 0.15) is 11.5 Å². The number of aryl methyl sites for hydroxylation is 1. The van der Waals surface area contributed by atoms with Crippen LogP contribution in [-0.4, -0.2) is 45.0 Å². The number of alkyl halides is 1. The first-order chi connectivity index (χ1) is 14.3. The van der Waals surface area contributed by atoms with Crippen LogP contribution in [0.2, 0.25) is 0 Å². The number of hydrogen-bond acceptors (Lipinski definition) is 4. The Morgan fingerprint density at radius 1 is 1.17 bits per heavy atom. The van der Waals surface area contributed by atoms with E-state index in [2.05, 4.69) is 51.1 Å². The fraction of sp³-hybridized carbons (Fsp3) is 0.417. The van der Waals surface area contributed by atoms with Crippen LogP contribution in [0, 0.1) is 5.92 Å². The molecule has 0 atom stereocenters. The van der Waals surface area contributed by atoms with Gasteiger partial charge >= 0.3 is 0 Å². The summed E-state index contributed by atoms with van der Waals surface area (Å²) in [6.45, 7) is 9.85. The topological polar surface area (TPSA) is 46.0 Å². The van der Waals surface area contributed by atoms with Crippen LogP contribution in [0.1, 0.15) is 26.7 Å². The standard InChI is InChI=1S/C24H30FN5/c1-17(18-7-9-30(10-8-18)16-24(2,3)25)28-23-12-21-11-19(5-6-20(21)13-26-23)22-14-27-29(4)15-22/h5-6,11-15,18H,1,7-10,16H2,2-4H3,(H,26,28). The molecule has 0 radical (unpaired) electrons. The molecule has 0 bridgehead atoms. The predicted octanol–water partition coefficient (Wildman–Crippen LogP) is 5.02. The third kappa shape index (κ3) is 4.87. The molecule has 1 aliphatic rings. The highest BCUT2D eigenvalue weighted by Gasteiger charge is 2.26. The molecule has 1 aliphatic heterocycles. The molecule has 1 saturated heterocycles. The molecule has 6 heteroatoms. The van der Waals surface area contributed by atoms with Crippen molar-refractivity contribution in [3.05, 3.63) is 55.1 Å². The first-order valence-electron chi connectivity index (χ1n) is 10.5. The maximum absolute atomic E-state index is 13.9. The van der Waals surface area contributed by atoms with E-state index in [-0.39, 0.29) is 0 Å². The summed E-state index contributed by atoms with van der Waals surface area (Å²) in [5, 5.41) is 9.90. The number of piperidine rings is 1. The molecule has 0 saturated carbocycles. The molecule has 0 unspecified atom stereocenters. The van der Waals surface area contributed by atoms with Gasteiger partial charge in [0, 0.05) is 48.6 Å². The largest absolute Gasteiger partial charge is 0.344 e. The highest BCUT2D eigenvalue weighted by atomic mass is 19.1. The molecule has 158 valence electrons. The van der Waals surface area contributed by atoms with Crippen molar-refractivity contribution in [2.24, 2.45) is 13.0 Å². The summed E-state index contributed by atoms with van der Waals surface area (Å²) in [6.07, 6.45) is 7.75. The molecular weight excluding hydrogens is 377 g/mol. The average Bonchev–Trinajstić information content (AvgIpc) is 3.13. The van der Waals surface area contributed by atoms with Gasteiger partial charge in [-0.05, 0) is 62.9 Å². The second kappa shape index (κ2) is 8.19. The number of anilines is 1. The zero-order valence-electron chi connectivity index (χ0n) is 18.0. The van der Waals surface area contributed by atoms with E-state index in [1.807, 2.05) is 30.3 Å². The van der Waals surface area contributed by atoms with Gasteiger partial charge in [-0.2, -0.15) is 5.10 Å². The van der Waals surface area contributed by atoms with Crippen molar-refractivity contribution in [1.29, 1.82) is 0 Å². The normalized spacial score (nSPS) is 16.1. The van der Waals surface area contributed by atoms with Gasteiger partial charge in [-0.25, -0.2) is 9.37 Å². The van der Waals surface area contributed by atoms with Crippen LogP contribution in [0.25, 0.3) is 21.9 Å². The van der Waals surface area contributed by atoms with Gasteiger partial charge in [0.2, 0.25) is 0 Å². The highest BCUT2D eigenvalue weighted by Crippen LogP contribution is 2.28. The first-order valence-corrected chi connectivity index (χ1v) is 10.5. The zero-order valence-corrected chi connectivity index (χ0v) is 18.0. The maximum atomic E-state index is 13.9. The number of allylic oxidation sites excluding steroid dienone is 1. The van der Waals surface area contributed by atoms with E-state index in [1.54, 1.807) is 13.8 Å². The van der Waals surface area contributed by atoms with Crippen molar-refractivity contribution in [2.45, 2.75) is 32.4 Å². The predicted molar refractivity (Wildman–Crippen MR) is 121 cm³/mol. The van der Waals surface area contributed by atoms with E-state index in [0.29, 0.717) is 12.5 Å². The fourth-order valence-electron chi connectivity index (χ4n) is 4.20. The summed E-state index contributed by atoms with van der Waals surface area (Å²) in [6, 6.07) is 8.42. The zero-order chi connectivity index (χ0) is 21.3. The smallest absolute Gasteiger partial charge is 0.130 e. The lowest BCUT2D eigenvalue weighted by Crippen LogP contribution is -2.41. The van der Waals surface area contributed by atoms with E-state index >= 15 is 0 Å². The Labute approximate surface area is 177 Å². The number of nitrogens with one attached hydrogen (secondary N) is 1. The van der Waals surface area contributed by atoms with Crippen LogP contribution >= 0.6 is 0 Å². The molecule has 0 amide bonds. The van der Waals surface area contributed by atoms with Gasteiger partial charge in [-0.3, -0.25) is 4.68 Å². The van der Waals surface area contributed by atoms with E-state index in [1.165, 1.54) is 0 Å². The lowest BCUT2D eigenvalue weighted by molar-refractivity contribution is 0.101. The maximum Gasteiger partial charge on any atom is 0.130 e. The van der Waals surface area contributed by atoms with Crippen LogP contribution < -0.4 is 5.32 Å². The quantitative estimate of drug-likeness (QED) is 0.623. The minimum absolute atomic E-state index is 0.378. The SMILES string of the molecule is C=C(Nc1cc2cc(-c3cnn(C)c3)ccc2cn1)C1CCN(CC(C)(C)F)CC1. The number of pyridine rings is 1. The van der Waals surface area contributed by atoms with Crippen LogP contribution in [0.5, 0.6) is 0 Å². The fourth-order valence-corrected chi connectivity index (χ4v) is 4.20. The Kier molecular flexibility index (Phi) is 5.60. The van der Waals surface area contributed by atoms with E-state index in [0.717, 1.165) is 59.3 Å². The van der Waals surface area contributed by atoms with Crippen LogP contribution in [0.15, 0.2) is 55.1 Å². The summed E-state index contributed by atoms with van der Waals surface area (Å²) in [4.78, 5) is 6.77. The third-order valence-corrected chi connectivity index (χ3v) is 5.73. The molecule has 4 rings (SSSR count). The molecule has 1 aromatic carbocycles. The van der Waals surface area contributed by atoms with Crippen molar-refractivity contribution in [3.8, 4) is 11.1 Å². The van der Waals surface area contributed by atoms with E-state index in [9.17, 15) is 4.39 Å². The molecule has 3 heterocycles. The van der Waals surface area contributed by atoms with Crippen LogP contribution in [0.4, 0.5) is 10.2 Å². The van der Waals surface area contributed by atoms with Gasteiger partial charge in [-0.15, -0.1) is 0 Å². The van der Waals surface area contributed by atoms with E-state index < -0.39 is 5.67 Å². The minimum atomic E-state index is -1.15. The number of benzene rings is 1. The van der Waals surface area contributed by atoms with Crippen molar-refractivity contribution < 1.29 is 4.39 Å². The Morgan fingerprint density at radius 2 is 1.93 bits per heavy atom. The number of aromatic nitrogens is 3. The summed E-state index contributed by atoms with van der Waals surface area (Å²) in [5.74, 6) is 1.19. The summed E-state index contributed by atoms with van der Waals surface area (Å²) in [7, 11) is 1.92. The molecule has 30 heavy (non-hydrogen) atoms. The monoisotopic (exact) mass is 407 g/mol. The van der Waals surface area contributed by atoms with Gasteiger partial charge in [0.15, 0.2) is 0 Å². The Balaban J connectivity index is 1.43. The minimum Gasteiger partial charge on any atom is -0.344 e. The molecule has 5 nitrogen and oxygen atoms in total. The number of fused-ring (bicyclic) bond motifs is 1. The molecule has 0 aliphatic carbocycles. The number of nitrogens with zero attached hydrogens (tertiary/aromatic N) is 4. The van der Waals surface area contributed by atoms with Crippen molar-refractivity contribution in [1.82, 2.24) is 19.7 Å². The second-order valence-corrected chi connectivity index (χ2v) is 8.95. The summed E-state index contributed by atoms with van der Waals surface area (Å²) < 4.78 is 15.7. The molecule has 1 fully saturated rings. The third-order valence-electron chi connectivity index (χ3n) is 5.73. The van der Waals surface area contributed by atoms with Gasteiger partial charge in [0.25, 0.3) is 0 Å². The molecule has 2 aromatic heterocycles. The average molecular weight is 408 g/mol. The molecule has 0 spiro atoms. The lowest BCUT2D eigenvalue weighted by atomic mass is 9.93. The molecule has 1 N–H and O–H groups in total. The number of hydrogen-bond donors (Lipinski definition) is 1. The van der Waals surface area contributed by atoms with Crippen LogP contribution in [0.3, 0.4) is 0 Å². The summed E-state index contributed by atoms with van der Waals surface area (Å²) >= 11 is 0. The number of halogens is 1. The van der Waals surface area contributed by atoms with Crippen molar-refractivity contribution in [3.63, 3.8) is 0 Å². The van der Waals surface area contributed by atoms with Crippen LogP contribution in [-0.2, 0) is 7.05 Å². The van der Waals surface area contributed by atoms with Crippen molar-refractivity contribution >= 4 is 16.6 Å². The number of likely N-dealkylation sites (tertiary alicyclic amines) is 1. The molecule has 3 aromatic rings. The number of rotatable bonds is 6. The Morgan fingerprint density at radius 3 is 2.60 bits per heavy atom. The molecular formula is C24H30FN5. The van der Waals surface area contributed by atoms with Gasteiger partial charge in [-0.1, -0.05) is 18.7 Å². The lowest BCUT2D eigenvalue weighted by Gasteiger charge is -2.35. The second-order valence-electron chi connectivity index (χ2n) is 8.95. The van der Waals surface area contributed by atoms with E-state index in [4.69, 9.17) is 0 Å². The highest BCUT2D eigenvalue weighted by molar-refractivity contribution is 5.88. The van der Waals surface area contributed by atoms with Gasteiger partial charge < -0.3 is 10.2 Å².